The van der Waals surface area contributed by atoms with Crippen LogP contribution in [0.15, 0.2) is 18.2 Å². The van der Waals surface area contributed by atoms with Crippen molar-refractivity contribution in [2.75, 3.05) is 6.54 Å². The number of primary amides is 1. The smallest absolute Gasteiger partial charge is 0.273 e. The van der Waals surface area contributed by atoms with Crippen molar-refractivity contribution in [2.24, 2.45) is 11.1 Å². The molecule has 31 heavy (non-hydrogen) atoms. The van der Waals surface area contributed by atoms with E-state index in [1.807, 2.05) is 0 Å². The summed E-state index contributed by atoms with van der Waals surface area (Å²) >= 11 is 0. The van der Waals surface area contributed by atoms with Crippen LogP contribution in [0.1, 0.15) is 50.5 Å². The summed E-state index contributed by atoms with van der Waals surface area (Å²) in [6.07, 6.45) is 1.69. The second-order valence-corrected chi connectivity index (χ2v) is 8.31. The van der Waals surface area contributed by atoms with Crippen molar-refractivity contribution < 1.29 is 18.8 Å². The lowest BCUT2D eigenvalue weighted by Crippen LogP contribution is -2.54. The number of hydrogen-bond donors (Lipinski definition) is 3. The molecule has 0 saturated carbocycles. The Morgan fingerprint density at radius 3 is 2.61 bits per heavy atom. The van der Waals surface area contributed by atoms with Gasteiger partial charge in [0.05, 0.1) is 18.1 Å². The van der Waals surface area contributed by atoms with E-state index in [9.17, 15) is 18.8 Å². The predicted octanol–water partition coefficient (Wildman–Crippen LogP) is 1.62. The number of carbonyl (C=O) groups is 3. The van der Waals surface area contributed by atoms with E-state index in [1.54, 1.807) is 20.8 Å². The van der Waals surface area contributed by atoms with E-state index < -0.39 is 35.0 Å². The van der Waals surface area contributed by atoms with Crippen molar-refractivity contribution >= 4 is 28.6 Å². The standard InChI is InChI=1S/C21H27FN6O3/c1-21(2,3)18(20(31)25-12-16(24)29)26-19(30)17-14-8-7-13(22)11-15(14)28(27-17)10-6-4-5-9-23/h7-8,11,18H,4-6,10,12H2,1-3H3,(H2,24,29)(H,25,31)(H,26,30)/t18-/m1/s1. The molecule has 2 aromatic rings. The number of aryl methyl sites for hydroxylation is 1. The Morgan fingerprint density at radius 1 is 1.29 bits per heavy atom. The molecule has 0 radical (unpaired) electrons. The lowest BCUT2D eigenvalue weighted by molar-refractivity contribution is -0.128. The third kappa shape index (κ3) is 6.25. The number of fused-ring (bicyclic) bond motifs is 1. The summed E-state index contributed by atoms with van der Waals surface area (Å²) in [4.78, 5) is 36.6. The Labute approximate surface area is 179 Å². The number of nitrogens with two attached hydrogens (primary N) is 1. The lowest BCUT2D eigenvalue weighted by Gasteiger charge is -2.30. The van der Waals surface area contributed by atoms with Crippen molar-refractivity contribution in [1.29, 1.82) is 5.26 Å². The number of unbranched alkanes of at least 4 members (excludes halogenated alkanes) is 2. The molecule has 0 fully saturated rings. The van der Waals surface area contributed by atoms with Crippen LogP contribution in [0, 0.1) is 22.6 Å². The number of benzene rings is 1. The molecular weight excluding hydrogens is 403 g/mol. The Bertz CT molecular complexity index is 1020. The third-order valence-electron chi connectivity index (χ3n) is 4.68. The number of amides is 3. The van der Waals surface area contributed by atoms with Crippen molar-refractivity contribution in [1.82, 2.24) is 20.4 Å². The minimum Gasteiger partial charge on any atom is -0.368 e. The van der Waals surface area contributed by atoms with Crippen LogP contribution in [0.2, 0.25) is 0 Å². The van der Waals surface area contributed by atoms with Crippen molar-refractivity contribution in [3.8, 4) is 6.07 Å². The van der Waals surface area contributed by atoms with E-state index in [0.29, 0.717) is 36.7 Å². The fraction of sp³-hybridized carbons (Fsp3) is 0.476. The van der Waals surface area contributed by atoms with Gasteiger partial charge in [-0.15, -0.1) is 0 Å². The topological polar surface area (TPSA) is 143 Å². The molecule has 0 aliphatic carbocycles. The first-order valence-electron chi connectivity index (χ1n) is 9.94. The number of halogens is 1. The summed E-state index contributed by atoms with van der Waals surface area (Å²) in [5.74, 6) is -2.31. The van der Waals surface area contributed by atoms with E-state index >= 15 is 0 Å². The molecule has 0 saturated heterocycles. The molecule has 0 bridgehead atoms. The van der Waals surface area contributed by atoms with E-state index in [1.165, 1.54) is 22.9 Å². The molecule has 0 spiro atoms. The lowest BCUT2D eigenvalue weighted by atomic mass is 9.86. The van der Waals surface area contributed by atoms with Crippen LogP contribution in [-0.4, -0.2) is 40.1 Å². The number of rotatable bonds is 9. The molecule has 4 N–H and O–H groups in total. The van der Waals surface area contributed by atoms with Gasteiger partial charge < -0.3 is 16.4 Å². The van der Waals surface area contributed by atoms with Gasteiger partial charge in [0.2, 0.25) is 11.8 Å². The van der Waals surface area contributed by atoms with E-state index in [4.69, 9.17) is 11.0 Å². The van der Waals surface area contributed by atoms with Gasteiger partial charge in [-0.05, 0) is 36.5 Å². The molecule has 0 aliphatic heterocycles. The van der Waals surface area contributed by atoms with E-state index in [-0.39, 0.29) is 12.2 Å². The van der Waals surface area contributed by atoms with Crippen molar-refractivity contribution in [2.45, 2.75) is 52.6 Å². The summed E-state index contributed by atoms with van der Waals surface area (Å²) < 4.78 is 15.3. The first-order valence-corrected chi connectivity index (χ1v) is 9.94. The maximum atomic E-state index is 13.8. The normalized spacial score (nSPS) is 12.2. The molecule has 0 unspecified atom stereocenters. The Balaban J connectivity index is 2.32. The van der Waals surface area contributed by atoms with Gasteiger partial charge in [0.25, 0.3) is 5.91 Å². The molecular formula is C21H27FN6O3. The van der Waals surface area contributed by atoms with Gasteiger partial charge in [-0.2, -0.15) is 10.4 Å². The highest BCUT2D eigenvalue weighted by atomic mass is 19.1. The molecule has 0 aliphatic rings. The predicted molar refractivity (Wildman–Crippen MR) is 112 cm³/mol. The van der Waals surface area contributed by atoms with Crippen LogP contribution >= 0.6 is 0 Å². The Kier molecular flexibility index (Phi) is 7.69. The van der Waals surface area contributed by atoms with E-state index in [2.05, 4.69) is 21.8 Å². The molecule has 1 atom stereocenters. The largest absolute Gasteiger partial charge is 0.368 e. The minimum absolute atomic E-state index is 0.0623. The number of nitrogens with one attached hydrogen (secondary N) is 2. The van der Waals surface area contributed by atoms with Gasteiger partial charge in [0.15, 0.2) is 5.69 Å². The van der Waals surface area contributed by atoms with Crippen LogP contribution in [0.3, 0.4) is 0 Å². The fourth-order valence-electron chi connectivity index (χ4n) is 3.10. The van der Waals surface area contributed by atoms with Crippen LogP contribution in [-0.2, 0) is 16.1 Å². The number of hydrogen-bond acceptors (Lipinski definition) is 5. The maximum absolute atomic E-state index is 13.8. The van der Waals surface area contributed by atoms with Gasteiger partial charge >= 0.3 is 0 Å². The SMILES string of the molecule is CC(C)(C)[C@H](NC(=O)c1nn(CCCCC#N)c2cc(F)ccc12)C(=O)NCC(N)=O. The Morgan fingerprint density at radius 2 is 2.00 bits per heavy atom. The zero-order valence-corrected chi connectivity index (χ0v) is 17.9. The first-order chi connectivity index (χ1) is 14.5. The zero-order valence-electron chi connectivity index (χ0n) is 17.9. The van der Waals surface area contributed by atoms with Crippen molar-refractivity contribution in [3.63, 3.8) is 0 Å². The minimum atomic E-state index is -0.962. The van der Waals surface area contributed by atoms with Crippen LogP contribution in [0.25, 0.3) is 10.9 Å². The van der Waals surface area contributed by atoms with Crippen LogP contribution < -0.4 is 16.4 Å². The molecule has 1 heterocycles. The van der Waals surface area contributed by atoms with E-state index in [0.717, 1.165) is 0 Å². The summed E-state index contributed by atoms with van der Waals surface area (Å²) in [5, 5.41) is 18.6. The molecule has 9 nitrogen and oxygen atoms in total. The van der Waals surface area contributed by atoms with Gasteiger partial charge in [-0.1, -0.05) is 20.8 Å². The van der Waals surface area contributed by atoms with Gasteiger partial charge in [0.1, 0.15) is 11.9 Å². The van der Waals surface area contributed by atoms with Gasteiger partial charge in [0, 0.05) is 18.4 Å². The number of nitriles is 1. The second kappa shape index (κ2) is 10.0. The third-order valence-corrected chi connectivity index (χ3v) is 4.68. The second-order valence-electron chi connectivity index (χ2n) is 8.31. The summed E-state index contributed by atoms with van der Waals surface area (Å²) in [7, 11) is 0. The van der Waals surface area contributed by atoms with Crippen LogP contribution in [0.4, 0.5) is 4.39 Å². The molecule has 2 rings (SSSR count). The molecule has 3 amide bonds. The van der Waals surface area contributed by atoms with Crippen LogP contribution in [0.5, 0.6) is 0 Å². The number of aromatic nitrogens is 2. The zero-order chi connectivity index (χ0) is 23.2. The monoisotopic (exact) mass is 430 g/mol. The highest BCUT2D eigenvalue weighted by molar-refractivity contribution is 6.06. The average molecular weight is 430 g/mol. The summed E-state index contributed by atoms with van der Waals surface area (Å²) in [6, 6.07) is 5.11. The molecule has 166 valence electrons. The first kappa shape index (κ1) is 23.8. The van der Waals surface area contributed by atoms with Crippen molar-refractivity contribution in [3.05, 3.63) is 29.7 Å². The quantitative estimate of drug-likeness (QED) is 0.518. The molecule has 10 heteroatoms. The van der Waals surface area contributed by atoms with Gasteiger partial charge in [-0.25, -0.2) is 4.39 Å². The molecule has 1 aromatic heterocycles. The summed E-state index contributed by atoms with van der Waals surface area (Å²) in [6.45, 7) is 5.37. The fourth-order valence-corrected chi connectivity index (χ4v) is 3.10. The Hall–Kier alpha value is -3.48. The highest BCUT2D eigenvalue weighted by Gasteiger charge is 2.34. The maximum Gasteiger partial charge on any atom is 0.273 e. The van der Waals surface area contributed by atoms with Gasteiger partial charge in [-0.3, -0.25) is 19.1 Å². The number of nitrogens with zero attached hydrogens (tertiary/aromatic N) is 3. The number of carbonyl (C=O) groups excluding carboxylic acids is 3. The summed E-state index contributed by atoms with van der Waals surface area (Å²) in [5.41, 5.74) is 4.92. The highest BCUT2D eigenvalue weighted by Crippen LogP contribution is 2.23. The molecule has 1 aromatic carbocycles. The average Bonchev–Trinajstić information content (AvgIpc) is 3.04.